The van der Waals surface area contributed by atoms with Gasteiger partial charge in [0.25, 0.3) is 0 Å². The first-order chi connectivity index (χ1) is 11.1. The van der Waals surface area contributed by atoms with E-state index in [0.717, 1.165) is 36.6 Å². The van der Waals surface area contributed by atoms with Crippen molar-refractivity contribution in [2.24, 2.45) is 5.92 Å². The van der Waals surface area contributed by atoms with Gasteiger partial charge in [0, 0.05) is 29.7 Å². The summed E-state index contributed by atoms with van der Waals surface area (Å²) in [7, 11) is -3.36. The topological polar surface area (TPSA) is 53.2 Å². The van der Waals surface area contributed by atoms with Crippen molar-refractivity contribution in [3.63, 3.8) is 0 Å². The van der Waals surface area contributed by atoms with E-state index in [4.69, 9.17) is 0 Å². The predicted molar refractivity (Wildman–Crippen MR) is 92.1 cm³/mol. The highest BCUT2D eigenvalue weighted by atomic mass is 32.2. The number of aromatic nitrogens is 1. The Morgan fingerprint density at radius 1 is 1.13 bits per heavy atom. The van der Waals surface area contributed by atoms with Crippen molar-refractivity contribution < 1.29 is 8.42 Å². The van der Waals surface area contributed by atoms with Gasteiger partial charge in [-0.2, -0.15) is 4.31 Å². The highest BCUT2D eigenvalue weighted by molar-refractivity contribution is 7.89. The van der Waals surface area contributed by atoms with E-state index in [-0.39, 0.29) is 0 Å². The summed E-state index contributed by atoms with van der Waals surface area (Å²) in [5, 5.41) is 1.10. The molecule has 0 bridgehead atoms. The third-order valence-corrected chi connectivity index (χ3v) is 7.34. The van der Waals surface area contributed by atoms with Crippen LogP contribution in [0.5, 0.6) is 0 Å². The largest absolute Gasteiger partial charge is 0.358 e. The lowest BCUT2D eigenvalue weighted by Crippen LogP contribution is -2.37. The zero-order chi connectivity index (χ0) is 16.0. The number of nitrogens with one attached hydrogen (secondary N) is 1. The Morgan fingerprint density at radius 2 is 1.87 bits per heavy atom. The van der Waals surface area contributed by atoms with Crippen LogP contribution in [0.15, 0.2) is 23.1 Å². The number of piperidine rings is 1. The van der Waals surface area contributed by atoms with Crippen molar-refractivity contribution in [1.29, 1.82) is 0 Å². The maximum absolute atomic E-state index is 12.9. The van der Waals surface area contributed by atoms with E-state index >= 15 is 0 Å². The highest BCUT2D eigenvalue weighted by Gasteiger charge is 2.28. The first kappa shape index (κ1) is 15.2. The van der Waals surface area contributed by atoms with Crippen LogP contribution in [0.3, 0.4) is 0 Å². The zero-order valence-electron chi connectivity index (χ0n) is 13.6. The van der Waals surface area contributed by atoms with Crippen LogP contribution in [0.1, 0.15) is 43.9 Å². The Balaban J connectivity index is 1.73. The SMILES string of the molecule is CC1CCN(S(=O)(=O)c2ccc3[nH]c4c(c3c2)CCCC4)CC1. The van der Waals surface area contributed by atoms with Crippen LogP contribution in [0.25, 0.3) is 10.9 Å². The standard InChI is InChI=1S/C18H24N2O2S/c1-13-8-10-20(11-9-13)23(21,22)14-6-7-18-16(12-14)15-4-2-3-5-17(15)19-18/h6-7,12-13,19H,2-5,8-11H2,1H3. The van der Waals surface area contributed by atoms with E-state index in [2.05, 4.69) is 11.9 Å². The Hall–Kier alpha value is -1.33. The average molecular weight is 332 g/mol. The molecule has 1 N–H and O–H groups in total. The van der Waals surface area contributed by atoms with E-state index in [9.17, 15) is 8.42 Å². The lowest BCUT2D eigenvalue weighted by molar-refractivity contribution is 0.288. The molecule has 1 fully saturated rings. The number of hydrogen-bond donors (Lipinski definition) is 1. The van der Waals surface area contributed by atoms with Gasteiger partial charge >= 0.3 is 0 Å². The summed E-state index contributed by atoms with van der Waals surface area (Å²) in [6, 6.07) is 5.59. The van der Waals surface area contributed by atoms with E-state index in [0.29, 0.717) is 23.9 Å². The molecule has 1 aliphatic heterocycles. The summed E-state index contributed by atoms with van der Waals surface area (Å²) in [5.41, 5.74) is 3.70. The molecule has 23 heavy (non-hydrogen) atoms. The number of rotatable bonds is 2. The molecule has 0 spiro atoms. The molecule has 5 heteroatoms. The molecule has 2 aromatic rings. The number of hydrogen-bond acceptors (Lipinski definition) is 2. The third kappa shape index (κ3) is 2.60. The quantitative estimate of drug-likeness (QED) is 0.915. The van der Waals surface area contributed by atoms with Crippen LogP contribution in [-0.4, -0.2) is 30.8 Å². The Morgan fingerprint density at radius 3 is 2.65 bits per heavy atom. The molecular formula is C18H24N2O2S. The summed E-state index contributed by atoms with van der Waals surface area (Å²) in [6.07, 6.45) is 6.47. The van der Waals surface area contributed by atoms with Crippen LogP contribution in [0.2, 0.25) is 0 Å². The van der Waals surface area contributed by atoms with Gasteiger partial charge in [-0.05, 0) is 68.2 Å². The van der Waals surface area contributed by atoms with Crippen molar-refractivity contribution in [3.05, 3.63) is 29.5 Å². The summed E-state index contributed by atoms with van der Waals surface area (Å²) in [5.74, 6) is 0.626. The molecule has 4 nitrogen and oxygen atoms in total. The van der Waals surface area contributed by atoms with E-state index < -0.39 is 10.0 Å². The highest BCUT2D eigenvalue weighted by Crippen LogP contribution is 2.32. The molecule has 1 aromatic carbocycles. The average Bonchev–Trinajstić information content (AvgIpc) is 2.93. The van der Waals surface area contributed by atoms with Gasteiger partial charge in [-0.25, -0.2) is 8.42 Å². The molecule has 4 rings (SSSR count). The number of aryl methyl sites for hydroxylation is 2. The van der Waals surface area contributed by atoms with Crippen molar-refractivity contribution in [3.8, 4) is 0 Å². The molecule has 2 aliphatic rings. The first-order valence-corrected chi connectivity index (χ1v) is 10.1. The molecule has 0 atom stereocenters. The number of fused-ring (bicyclic) bond motifs is 3. The van der Waals surface area contributed by atoms with Crippen LogP contribution < -0.4 is 0 Å². The minimum Gasteiger partial charge on any atom is -0.358 e. The lowest BCUT2D eigenvalue weighted by atomic mass is 9.96. The monoisotopic (exact) mass is 332 g/mol. The van der Waals surface area contributed by atoms with Crippen molar-refractivity contribution in [1.82, 2.24) is 9.29 Å². The van der Waals surface area contributed by atoms with E-state index in [1.165, 1.54) is 24.1 Å². The van der Waals surface area contributed by atoms with Gasteiger partial charge < -0.3 is 4.98 Å². The number of aromatic amines is 1. The van der Waals surface area contributed by atoms with Gasteiger partial charge in [0.15, 0.2) is 0 Å². The van der Waals surface area contributed by atoms with Gasteiger partial charge in [0.1, 0.15) is 0 Å². The second-order valence-corrected chi connectivity index (χ2v) is 9.02. The molecule has 0 radical (unpaired) electrons. The van der Waals surface area contributed by atoms with Crippen molar-refractivity contribution >= 4 is 20.9 Å². The fraction of sp³-hybridized carbons (Fsp3) is 0.556. The predicted octanol–water partition coefficient (Wildman–Crippen LogP) is 3.47. The van der Waals surface area contributed by atoms with Crippen molar-refractivity contribution in [2.75, 3.05) is 13.1 Å². The second-order valence-electron chi connectivity index (χ2n) is 7.08. The second kappa shape index (κ2) is 5.64. The molecular weight excluding hydrogens is 308 g/mol. The normalized spacial score (nSPS) is 20.7. The Bertz CT molecular complexity index is 830. The summed E-state index contributed by atoms with van der Waals surface area (Å²) in [4.78, 5) is 3.92. The van der Waals surface area contributed by atoms with Gasteiger partial charge in [0.05, 0.1) is 4.90 Å². The number of sulfonamides is 1. The zero-order valence-corrected chi connectivity index (χ0v) is 14.5. The van der Waals surface area contributed by atoms with Crippen LogP contribution in [0, 0.1) is 5.92 Å². The van der Waals surface area contributed by atoms with Crippen LogP contribution in [0.4, 0.5) is 0 Å². The third-order valence-electron chi connectivity index (χ3n) is 5.45. The van der Waals surface area contributed by atoms with E-state index in [1.807, 2.05) is 12.1 Å². The number of nitrogens with zero attached hydrogens (tertiary/aromatic N) is 1. The molecule has 2 heterocycles. The summed E-state index contributed by atoms with van der Waals surface area (Å²) < 4.78 is 27.5. The van der Waals surface area contributed by atoms with Crippen LogP contribution in [-0.2, 0) is 22.9 Å². The molecule has 0 unspecified atom stereocenters. The number of benzene rings is 1. The molecule has 0 amide bonds. The van der Waals surface area contributed by atoms with E-state index in [1.54, 1.807) is 10.4 Å². The van der Waals surface area contributed by atoms with Crippen molar-refractivity contribution in [2.45, 2.75) is 50.3 Å². The Labute approximate surface area is 137 Å². The van der Waals surface area contributed by atoms with Gasteiger partial charge in [-0.3, -0.25) is 0 Å². The maximum atomic E-state index is 12.9. The molecule has 124 valence electrons. The fourth-order valence-electron chi connectivity index (χ4n) is 3.92. The lowest BCUT2D eigenvalue weighted by Gasteiger charge is -2.29. The molecule has 1 aromatic heterocycles. The first-order valence-electron chi connectivity index (χ1n) is 8.69. The minimum absolute atomic E-state index is 0.451. The number of H-pyrrole nitrogens is 1. The summed E-state index contributed by atoms with van der Waals surface area (Å²) >= 11 is 0. The van der Waals surface area contributed by atoms with Gasteiger partial charge in [0.2, 0.25) is 10.0 Å². The summed E-state index contributed by atoms with van der Waals surface area (Å²) in [6.45, 7) is 3.49. The van der Waals surface area contributed by atoms with Gasteiger partial charge in [-0.1, -0.05) is 6.92 Å². The van der Waals surface area contributed by atoms with Gasteiger partial charge in [-0.15, -0.1) is 0 Å². The Kier molecular flexibility index (Phi) is 3.73. The minimum atomic E-state index is -3.36. The maximum Gasteiger partial charge on any atom is 0.243 e. The molecule has 1 saturated heterocycles. The molecule has 0 saturated carbocycles. The fourth-order valence-corrected chi connectivity index (χ4v) is 5.42. The molecule has 1 aliphatic carbocycles. The van der Waals surface area contributed by atoms with Crippen LogP contribution >= 0.6 is 0 Å². The smallest absolute Gasteiger partial charge is 0.243 e.